The molecule has 0 saturated carbocycles. The van der Waals surface area contributed by atoms with Gasteiger partial charge in [-0.05, 0) is 13.0 Å². The van der Waals surface area contributed by atoms with Crippen LogP contribution in [0.25, 0.3) is 0 Å². The first-order chi connectivity index (χ1) is 5.61. The Morgan fingerprint density at radius 2 is 2.33 bits per heavy atom. The molecule has 0 spiro atoms. The zero-order valence-electron chi connectivity index (χ0n) is 6.89. The third kappa shape index (κ3) is 1.95. The molecule has 3 nitrogen and oxygen atoms in total. The van der Waals surface area contributed by atoms with Crippen molar-refractivity contribution in [2.24, 2.45) is 0 Å². The lowest BCUT2D eigenvalue weighted by atomic mass is 10.3. The third-order valence-electron chi connectivity index (χ3n) is 1.43. The Labute approximate surface area is 75.8 Å². The highest BCUT2D eigenvalue weighted by molar-refractivity contribution is 6.31. The summed E-state index contributed by atoms with van der Waals surface area (Å²) in [6.07, 6.45) is 1.56. The molecular weight excluding hydrogens is 176 g/mol. The number of hydrogen-bond acceptors (Lipinski definition) is 2. The number of rotatable bonds is 1. The summed E-state index contributed by atoms with van der Waals surface area (Å²) in [7, 11) is 0. The van der Waals surface area contributed by atoms with Crippen LogP contribution in [-0.2, 0) is 4.79 Å². The number of anilines is 1. The fourth-order valence-electron chi connectivity index (χ4n) is 0.805. The Balaban J connectivity index is 3.00. The van der Waals surface area contributed by atoms with Crippen LogP contribution in [-0.4, -0.2) is 10.9 Å². The number of carbonyl (C=O) groups excluding carboxylic acids is 1. The summed E-state index contributed by atoms with van der Waals surface area (Å²) in [5, 5.41) is 3.18. The summed E-state index contributed by atoms with van der Waals surface area (Å²) < 4.78 is 0. The van der Waals surface area contributed by atoms with Crippen molar-refractivity contribution in [1.82, 2.24) is 4.98 Å². The molecule has 0 unspecified atom stereocenters. The highest BCUT2D eigenvalue weighted by Gasteiger charge is 2.03. The molecule has 0 aliphatic carbocycles. The first-order valence-corrected chi connectivity index (χ1v) is 3.87. The maximum Gasteiger partial charge on any atom is 0.222 e. The van der Waals surface area contributed by atoms with E-state index in [-0.39, 0.29) is 5.91 Å². The number of carbonyl (C=O) groups is 1. The molecule has 64 valence electrons. The van der Waals surface area contributed by atoms with Gasteiger partial charge in [0, 0.05) is 23.7 Å². The maximum atomic E-state index is 10.7. The van der Waals surface area contributed by atoms with Crippen LogP contribution < -0.4 is 5.32 Å². The van der Waals surface area contributed by atoms with Crippen LogP contribution in [0.15, 0.2) is 12.3 Å². The fraction of sp³-hybridized carbons (Fsp3) is 0.250. The SMILES string of the molecule is CC(=O)Nc1nccc(Cl)c1C. The summed E-state index contributed by atoms with van der Waals surface area (Å²) in [5.41, 5.74) is 0.786. The van der Waals surface area contributed by atoms with Gasteiger partial charge in [0.15, 0.2) is 0 Å². The van der Waals surface area contributed by atoms with E-state index < -0.39 is 0 Å². The van der Waals surface area contributed by atoms with Crippen LogP contribution in [0.5, 0.6) is 0 Å². The van der Waals surface area contributed by atoms with Gasteiger partial charge < -0.3 is 5.32 Å². The fourth-order valence-corrected chi connectivity index (χ4v) is 0.951. The van der Waals surface area contributed by atoms with E-state index in [9.17, 15) is 4.79 Å². The molecule has 1 aromatic heterocycles. The molecule has 0 atom stereocenters. The predicted molar refractivity (Wildman–Crippen MR) is 48.3 cm³/mol. The molecule has 12 heavy (non-hydrogen) atoms. The molecule has 1 rings (SSSR count). The van der Waals surface area contributed by atoms with Crippen LogP contribution in [0.3, 0.4) is 0 Å². The molecule has 0 radical (unpaired) electrons. The summed E-state index contributed by atoms with van der Waals surface area (Å²) >= 11 is 5.81. The number of aromatic nitrogens is 1. The van der Waals surface area contributed by atoms with Crippen molar-refractivity contribution < 1.29 is 4.79 Å². The molecule has 1 heterocycles. The number of pyridine rings is 1. The number of amides is 1. The number of halogens is 1. The number of nitrogens with zero attached hydrogens (tertiary/aromatic N) is 1. The van der Waals surface area contributed by atoms with Crippen molar-refractivity contribution in [1.29, 1.82) is 0 Å². The van der Waals surface area contributed by atoms with Gasteiger partial charge in [-0.25, -0.2) is 4.98 Å². The molecule has 0 fully saturated rings. The normalized spacial score (nSPS) is 9.58. The van der Waals surface area contributed by atoms with Crippen molar-refractivity contribution in [3.8, 4) is 0 Å². The van der Waals surface area contributed by atoms with Gasteiger partial charge >= 0.3 is 0 Å². The Kier molecular flexibility index (Phi) is 2.65. The van der Waals surface area contributed by atoms with E-state index in [0.717, 1.165) is 5.56 Å². The van der Waals surface area contributed by atoms with Crippen molar-refractivity contribution in [2.45, 2.75) is 13.8 Å². The lowest BCUT2D eigenvalue weighted by Gasteiger charge is -2.05. The smallest absolute Gasteiger partial charge is 0.222 e. The first-order valence-electron chi connectivity index (χ1n) is 3.50. The molecule has 0 bridgehead atoms. The largest absolute Gasteiger partial charge is 0.311 e. The highest BCUT2D eigenvalue weighted by atomic mass is 35.5. The second-order valence-electron chi connectivity index (χ2n) is 2.45. The summed E-state index contributed by atoms with van der Waals surface area (Å²) in [4.78, 5) is 14.6. The van der Waals surface area contributed by atoms with Crippen molar-refractivity contribution >= 4 is 23.3 Å². The zero-order valence-corrected chi connectivity index (χ0v) is 7.64. The van der Waals surface area contributed by atoms with E-state index in [1.807, 2.05) is 0 Å². The van der Waals surface area contributed by atoms with Gasteiger partial charge in [0.05, 0.1) is 0 Å². The lowest BCUT2D eigenvalue weighted by Crippen LogP contribution is -2.08. The standard InChI is InChI=1S/C8H9ClN2O/c1-5-7(9)3-4-10-8(5)11-6(2)12/h3-4H,1-2H3,(H,10,11,12). The van der Waals surface area contributed by atoms with Gasteiger partial charge in [-0.1, -0.05) is 11.6 Å². The van der Waals surface area contributed by atoms with E-state index in [2.05, 4.69) is 10.3 Å². The van der Waals surface area contributed by atoms with Gasteiger partial charge in [0.1, 0.15) is 5.82 Å². The van der Waals surface area contributed by atoms with Crippen molar-refractivity contribution in [2.75, 3.05) is 5.32 Å². The Hall–Kier alpha value is -1.09. The Morgan fingerprint density at radius 1 is 1.67 bits per heavy atom. The maximum absolute atomic E-state index is 10.7. The van der Waals surface area contributed by atoms with Gasteiger partial charge in [-0.3, -0.25) is 4.79 Å². The van der Waals surface area contributed by atoms with Crippen LogP contribution in [0, 0.1) is 6.92 Å². The second-order valence-corrected chi connectivity index (χ2v) is 2.85. The summed E-state index contributed by atoms with van der Waals surface area (Å²) in [5.74, 6) is 0.378. The van der Waals surface area contributed by atoms with E-state index in [1.54, 1.807) is 19.2 Å². The van der Waals surface area contributed by atoms with E-state index in [0.29, 0.717) is 10.8 Å². The molecule has 0 aliphatic heterocycles. The molecule has 0 saturated heterocycles. The topological polar surface area (TPSA) is 42.0 Å². The lowest BCUT2D eigenvalue weighted by molar-refractivity contribution is -0.114. The predicted octanol–water partition coefficient (Wildman–Crippen LogP) is 2.00. The monoisotopic (exact) mass is 184 g/mol. The summed E-state index contributed by atoms with van der Waals surface area (Å²) in [6.45, 7) is 3.24. The average molecular weight is 185 g/mol. The summed E-state index contributed by atoms with van der Waals surface area (Å²) in [6, 6.07) is 1.68. The minimum absolute atomic E-state index is 0.145. The van der Waals surface area contributed by atoms with Crippen LogP contribution >= 0.6 is 11.6 Å². The zero-order chi connectivity index (χ0) is 9.14. The second kappa shape index (κ2) is 3.54. The molecule has 1 N–H and O–H groups in total. The van der Waals surface area contributed by atoms with E-state index in [4.69, 9.17) is 11.6 Å². The molecule has 1 amide bonds. The Bertz CT molecular complexity index is 312. The Morgan fingerprint density at radius 3 is 2.92 bits per heavy atom. The average Bonchev–Trinajstić information content (AvgIpc) is 1.98. The minimum atomic E-state index is -0.145. The van der Waals surface area contributed by atoms with Gasteiger partial charge in [0.2, 0.25) is 5.91 Å². The van der Waals surface area contributed by atoms with E-state index >= 15 is 0 Å². The third-order valence-corrected chi connectivity index (χ3v) is 1.84. The molecule has 4 heteroatoms. The van der Waals surface area contributed by atoms with Crippen LogP contribution in [0.1, 0.15) is 12.5 Å². The van der Waals surface area contributed by atoms with Crippen molar-refractivity contribution in [3.05, 3.63) is 22.8 Å². The number of nitrogens with one attached hydrogen (secondary N) is 1. The molecule has 0 aliphatic rings. The first kappa shape index (κ1) is 9.00. The van der Waals surface area contributed by atoms with Crippen LogP contribution in [0.2, 0.25) is 5.02 Å². The quantitative estimate of drug-likeness (QED) is 0.726. The van der Waals surface area contributed by atoms with Gasteiger partial charge in [0.25, 0.3) is 0 Å². The molecule has 0 aromatic carbocycles. The molecule has 1 aromatic rings. The van der Waals surface area contributed by atoms with Gasteiger partial charge in [-0.2, -0.15) is 0 Å². The van der Waals surface area contributed by atoms with Gasteiger partial charge in [-0.15, -0.1) is 0 Å². The molecular formula is C8H9ClN2O. The minimum Gasteiger partial charge on any atom is -0.311 e. The number of hydrogen-bond donors (Lipinski definition) is 1. The highest BCUT2D eigenvalue weighted by Crippen LogP contribution is 2.19. The van der Waals surface area contributed by atoms with Crippen LogP contribution in [0.4, 0.5) is 5.82 Å². The van der Waals surface area contributed by atoms with E-state index in [1.165, 1.54) is 6.92 Å². The van der Waals surface area contributed by atoms with Crippen molar-refractivity contribution in [3.63, 3.8) is 0 Å².